The second-order valence-corrected chi connectivity index (χ2v) is 7.76. The molecule has 5 heteroatoms. The van der Waals surface area contributed by atoms with E-state index in [1.807, 2.05) is 45.9 Å². The maximum Gasteiger partial charge on any atom is 0.410 e. The lowest BCUT2D eigenvalue weighted by Gasteiger charge is -2.31. The quantitative estimate of drug-likeness (QED) is 0.757. The highest BCUT2D eigenvalue weighted by molar-refractivity contribution is 5.68. The Labute approximate surface area is 156 Å². The van der Waals surface area contributed by atoms with E-state index in [4.69, 9.17) is 4.74 Å². The summed E-state index contributed by atoms with van der Waals surface area (Å²) in [6.07, 6.45) is 0.846. The van der Waals surface area contributed by atoms with Crippen LogP contribution in [0.2, 0.25) is 0 Å². The van der Waals surface area contributed by atoms with Crippen LogP contribution in [-0.4, -0.2) is 47.7 Å². The second kappa shape index (κ2) is 9.17. The Hall–Kier alpha value is -1.88. The van der Waals surface area contributed by atoms with Gasteiger partial charge in [0.15, 0.2) is 0 Å². The van der Waals surface area contributed by atoms with Crippen molar-refractivity contribution < 1.29 is 13.9 Å². The maximum atomic E-state index is 14.7. The summed E-state index contributed by atoms with van der Waals surface area (Å²) in [7, 11) is 0. The molecule has 0 radical (unpaired) electrons. The van der Waals surface area contributed by atoms with Gasteiger partial charge in [0.25, 0.3) is 0 Å². The maximum absolute atomic E-state index is 14.7. The molecule has 144 valence electrons. The van der Waals surface area contributed by atoms with Crippen molar-refractivity contribution in [3.63, 3.8) is 0 Å². The number of rotatable bonds is 5. The normalized spacial score (nSPS) is 15.3. The summed E-state index contributed by atoms with van der Waals surface area (Å²) < 4.78 is 20.1. The van der Waals surface area contributed by atoms with Gasteiger partial charge in [-0.1, -0.05) is 37.3 Å². The zero-order valence-corrected chi connectivity index (χ0v) is 16.4. The topological polar surface area (TPSA) is 32.8 Å². The molecule has 0 aliphatic carbocycles. The van der Waals surface area contributed by atoms with Crippen LogP contribution >= 0.6 is 0 Å². The molecular weight excluding hydrogens is 331 g/mol. The summed E-state index contributed by atoms with van der Waals surface area (Å²) in [6.45, 7) is 10.5. The Morgan fingerprint density at radius 3 is 2.35 bits per heavy atom. The Kier molecular flexibility index (Phi) is 7.21. The van der Waals surface area contributed by atoms with E-state index in [0.29, 0.717) is 32.5 Å². The molecule has 1 fully saturated rings. The first-order valence-corrected chi connectivity index (χ1v) is 9.39. The van der Waals surface area contributed by atoms with Gasteiger partial charge in [-0.2, -0.15) is 0 Å². The van der Waals surface area contributed by atoms with Gasteiger partial charge < -0.3 is 9.64 Å². The van der Waals surface area contributed by atoms with Crippen LogP contribution < -0.4 is 0 Å². The third-order valence-electron chi connectivity index (χ3n) is 4.46. The van der Waals surface area contributed by atoms with Crippen molar-refractivity contribution in [3.05, 3.63) is 47.3 Å². The number of hydrogen-bond donors (Lipinski definition) is 0. The predicted octanol–water partition coefficient (Wildman–Crippen LogP) is 4.76. The third-order valence-corrected chi connectivity index (χ3v) is 4.46. The fourth-order valence-electron chi connectivity index (χ4n) is 2.99. The molecule has 1 aliphatic heterocycles. The number of likely N-dealkylation sites (tertiary alicyclic amines) is 1. The van der Waals surface area contributed by atoms with E-state index < -0.39 is 5.60 Å². The number of benzene rings is 1. The van der Waals surface area contributed by atoms with Crippen LogP contribution in [0, 0.1) is 0 Å². The Bertz CT molecular complexity index is 613. The number of carbonyl (C=O) groups excluding carboxylic acids is 1. The minimum Gasteiger partial charge on any atom is -0.444 e. The predicted molar refractivity (Wildman–Crippen MR) is 103 cm³/mol. The highest BCUT2D eigenvalue weighted by atomic mass is 19.1. The number of likely N-dealkylation sites (N-methyl/N-ethyl adjacent to an activating group) is 1. The van der Waals surface area contributed by atoms with Crippen LogP contribution in [-0.2, 0) is 11.3 Å². The van der Waals surface area contributed by atoms with E-state index in [1.54, 1.807) is 4.90 Å². The second-order valence-electron chi connectivity index (χ2n) is 7.76. The Morgan fingerprint density at radius 1 is 1.19 bits per heavy atom. The first-order valence-electron chi connectivity index (χ1n) is 9.39. The number of halogens is 1. The summed E-state index contributed by atoms with van der Waals surface area (Å²) in [5, 5.41) is 0. The number of amides is 1. The minimum absolute atomic E-state index is 0.0494. The molecular formula is C21H31FN2O2. The number of hydrogen-bond acceptors (Lipinski definition) is 3. The Balaban J connectivity index is 1.89. The number of piperidine rings is 1. The van der Waals surface area contributed by atoms with Gasteiger partial charge in [0.1, 0.15) is 11.4 Å². The van der Waals surface area contributed by atoms with Crippen LogP contribution in [0.15, 0.2) is 41.7 Å². The fourth-order valence-corrected chi connectivity index (χ4v) is 2.99. The van der Waals surface area contributed by atoms with Crippen molar-refractivity contribution in [1.82, 2.24) is 9.80 Å². The average Bonchev–Trinajstić information content (AvgIpc) is 2.60. The van der Waals surface area contributed by atoms with E-state index in [-0.39, 0.29) is 11.9 Å². The largest absolute Gasteiger partial charge is 0.444 e. The molecule has 0 aromatic heterocycles. The molecule has 1 aromatic rings. The molecule has 0 saturated carbocycles. The van der Waals surface area contributed by atoms with Crippen LogP contribution in [0.25, 0.3) is 0 Å². The fraction of sp³-hybridized carbons (Fsp3) is 0.571. The van der Waals surface area contributed by atoms with Gasteiger partial charge in [0, 0.05) is 19.6 Å². The molecule has 0 unspecified atom stereocenters. The number of carbonyl (C=O) groups is 1. The zero-order chi connectivity index (χ0) is 19.2. The molecule has 0 spiro atoms. The zero-order valence-electron chi connectivity index (χ0n) is 16.4. The van der Waals surface area contributed by atoms with E-state index >= 15 is 0 Å². The van der Waals surface area contributed by atoms with Gasteiger partial charge in [-0.15, -0.1) is 0 Å². The first-order chi connectivity index (χ1) is 12.3. The van der Waals surface area contributed by atoms with Gasteiger partial charge in [0.05, 0.1) is 6.54 Å². The molecule has 2 rings (SSSR count). The summed E-state index contributed by atoms with van der Waals surface area (Å²) in [5.41, 5.74) is 1.51. The highest BCUT2D eigenvalue weighted by Crippen LogP contribution is 2.23. The van der Waals surface area contributed by atoms with Crippen molar-refractivity contribution in [1.29, 1.82) is 0 Å². The smallest absolute Gasteiger partial charge is 0.410 e. The van der Waals surface area contributed by atoms with Crippen LogP contribution in [0.3, 0.4) is 0 Å². The summed E-state index contributed by atoms with van der Waals surface area (Å²) >= 11 is 0. The molecule has 1 saturated heterocycles. The SMILES string of the molecule is CCN(CC(F)=C1CCN(C(=O)OC(C)(C)C)CC1)Cc1ccccc1. The lowest BCUT2D eigenvalue weighted by atomic mass is 10.0. The van der Waals surface area contributed by atoms with Gasteiger partial charge in [-0.05, 0) is 51.3 Å². The van der Waals surface area contributed by atoms with Crippen molar-refractivity contribution >= 4 is 6.09 Å². The molecule has 0 N–H and O–H groups in total. The van der Waals surface area contributed by atoms with Gasteiger partial charge in [-0.25, -0.2) is 9.18 Å². The van der Waals surface area contributed by atoms with Crippen molar-refractivity contribution in [2.24, 2.45) is 0 Å². The average molecular weight is 362 g/mol. The lowest BCUT2D eigenvalue weighted by molar-refractivity contribution is 0.0234. The molecule has 1 aliphatic rings. The summed E-state index contributed by atoms with van der Waals surface area (Å²) in [5.74, 6) is -0.0494. The first kappa shape index (κ1) is 20.4. The molecule has 26 heavy (non-hydrogen) atoms. The Morgan fingerprint density at radius 2 is 1.81 bits per heavy atom. The van der Waals surface area contributed by atoms with Crippen molar-refractivity contribution in [3.8, 4) is 0 Å². The van der Waals surface area contributed by atoms with E-state index in [0.717, 1.165) is 18.7 Å². The van der Waals surface area contributed by atoms with Crippen LogP contribution in [0.4, 0.5) is 9.18 Å². The van der Waals surface area contributed by atoms with Gasteiger partial charge in [0.2, 0.25) is 0 Å². The molecule has 0 bridgehead atoms. The molecule has 1 heterocycles. The summed E-state index contributed by atoms with van der Waals surface area (Å²) in [4.78, 5) is 15.9. The number of nitrogens with zero attached hydrogens (tertiary/aromatic N) is 2. The molecule has 1 aromatic carbocycles. The van der Waals surface area contributed by atoms with Crippen LogP contribution in [0.1, 0.15) is 46.1 Å². The standard InChI is InChI=1S/C21H31FN2O2/c1-5-23(15-17-9-7-6-8-10-17)16-19(22)18-11-13-24(14-12-18)20(25)26-21(2,3)4/h6-10H,5,11-16H2,1-4H3. The van der Waals surface area contributed by atoms with Crippen molar-refractivity contribution in [2.45, 2.75) is 52.7 Å². The van der Waals surface area contributed by atoms with Gasteiger partial charge >= 0.3 is 6.09 Å². The third kappa shape index (κ3) is 6.45. The molecule has 0 atom stereocenters. The lowest BCUT2D eigenvalue weighted by Crippen LogP contribution is -2.40. The highest BCUT2D eigenvalue weighted by Gasteiger charge is 2.26. The number of ether oxygens (including phenoxy) is 1. The molecule has 1 amide bonds. The van der Waals surface area contributed by atoms with Gasteiger partial charge in [-0.3, -0.25) is 4.90 Å². The van der Waals surface area contributed by atoms with E-state index in [1.165, 1.54) is 5.56 Å². The monoisotopic (exact) mass is 362 g/mol. The summed E-state index contributed by atoms with van der Waals surface area (Å²) in [6, 6.07) is 10.1. The minimum atomic E-state index is -0.502. The van der Waals surface area contributed by atoms with E-state index in [9.17, 15) is 9.18 Å². The van der Waals surface area contributed by atoms with Crippen molar-refractivity contribution in [2.75, 3.05) is 26.2 Å². The molecule has 4 nitrogen and oxygen atoms in total. The van der Waals surface area contributed by atoms with E-state index in [2.05, 4.69) is 17.0 Å². The van der Waals surface area contributed by atoms with Crippen LogP contribution in [0.5, 0.6) is 0 Å².